The van der Waals surface area contributed by atoms with E-state index >= 15 is 0 Å². The molecule has 0 bridgehead atoms. The lowest BCUT2D eigenvalue weighted by molar-refractivity contribution is -0.123. The minimum absolute atomic E-state index is 0.0373. The Kier molecular flexibility index (Phi) is 5.92. The number of carbonyl (C=O) groups is 1. The topological polar surface area (TPSA) is 44.4 Å². The monoisotopic (exact) mass is 335 g/mol. The van der Waals surface area contributed by atoms with Crippen LogP contribution in [0.1, 0.15) is 31.2 Å². The standard InChI is InChI=1S/C18H26ClN3O/c19-16-5-2-1-4-15(16)13-22-10-7-14(8-11-22)12-21-18(23)17-6-3-9-20-17/h1-2,4-5,14,17,20H,3,6-13H2,(H,21,23). The molecule has 1 aromatic rings. The molecule has 2 heterocycles. The van der Waals surface area contributed by atoms with Crippen LogP contribution in [0.2, 0.25) is 5.02 Å². The van der Waals surface area contributed by atoms with Gasteiger partial charge >= 0.3 is 0 Å². The zero-order valence-electron chi connectivity index (χ0n) is 13.6. The molecule has 0 saturated carbocycles. The highest BCUT2D eigenvalue weighted by molar-refractivity contribution is 6.31. The Balaban J connectivity index is 1.38. The SMILES string of the molecule is O=C(NCC1CCN(Cc2ccccc2Cl)CC1)C1CCCN1. The molecular weight excluding hydrogens is 310 g/mol. The molecule has 1 atom stereocenters. The number of halogens is 1. The Hall–Kier alpha value is -1.10. The van der Waals surface area contributed by atoms with Gasteiger partial charge in [-0.3, -0.25) is 9.69 Å². The molecule has 126 valence electrons. The molecule has 2 saturated heterocycles. The molecule has 2 N–H and O–H groups in total. The van der Waals surface area contributed by atoms with E-state index in [2.05, 4.69) is 21.6 Å². The number of amides is 1. The first-order valence-corrected chi connectivity index (χ1v) is 9.07. The highest BCUT2D eigenvalue weighted by atomic mass is 35.5. The van der Waals surface area contributed by atoms with Crippen molar-refractivity contribution in [2.24, 2.45) is 5.92 Å². The zero-order valence-corrected chi connectivity index (χ0v) is 14.3. The van der Waals surface area contributed by atoms with Crippen LogP contribution in [0.15, 0.2) is 24.3 Å². The second-order valence-corrected chi connectivity index (χ2v) is 7.11. The first-order chi connectivity index (χ1) is 11.2. The van der Waals surface area contributed by atoms with Gasteiger partial charge in [0.1, 0.15) is 0 Å². The van der Waals surface area contributed by atoms with Gasteiger partial charge in [0.05, 0.1) is 6.04 Å². The van der Waals surface area contributed by atoms with Crippen molar-refractivity contribution in [2.75, 3.05) is 26.2 Å². The number of piperidine rings is 1. The Labute approximate surface area is 143 Å². The van der Waals surface area contributed by atoms with E-state index in [1.807, 2.05) is 18.2 Å². The van der Waals surface area contributed by atoms with Gasteiger partial charge in [-0.2, -0.15) is 0 Å². The summed E-state index contributed by atoms with van der Waals surface area (Å²) in [6.07, 6.45) is 4.37. The van der Waals surface area contributed by atoms with Crippen molar-refractivity contribution in [3.63, 3.8) is 0 Å². The first kappa shape index (κ1) is 16.7. The van der Waals surface area contributed by atoms with Crippen molar-refractivity contribution in [2.45, 2.75) is 38.3 Å². The van der Waals surface area contributed by atoms with Crippen LogP contribution in [0, 0.1) is 5.92 Å². The fourth-order valence-electron chi connectivity index (χ4n) is 3.49. The smallest absolute Gasteiger partial charge is 0.237 e. The van der Waals surface area contributed by atoms with Gasteiger partial charge in [0.2, 0.25) is 5.91 Å². The molecule has 0 radical (unpaired) electrons. The average Bonchev–Trinajstić information content (AvgIpc) is 3.11. The van der Waals surface area contributed by atoms with Crippen LogP contribution in [0.25, 0.3) is 0 Å². The molecule has 2 aliphatic rings. The molecule has 1 aromatic carbocycles. The highest BCUT2D eigenvalue weighted by Gasteiger charge is 2.24. The van der Waals surface area contributed by atoms with Gasteiger partial charge in [0.25, 0.3) is 0 Å². The minimum Gasteiger partial charge on any atom is -0.354 e. The largest absolute Gasteiger partial charge is 0.354 e. The molecule has 4 nitrogen and oxygen atoms in total. The number of rotatable bonds is 5. The van der Waals surface area contributed by atoms with Gasteiger partial charge in [0, 0.05) is 18.1 Å². The maximum atomic E-state index is 12.0. The lowest BCUT2D eigenvalue weighted by Gasteiger charge is -2.32. The summed E-state index contributed by atoms with van der Waals surface area (Å²) in [5.41, 5.74) is 1.20. The third-order valence-electron chi connectivity index (χ3n) is 5.00. The fraction of sp³-hybridized carbons (Fsp3) is 0.611. The predicted molar refractivity (Wildman–Crippen MR) is 93.5 cm³/mol. The van der Waals surface area contributed by atoms with Gasteiger partial charge in [-0.1, -0.05) is 29.8 Å². The number of hydrogen-bond acceptors (Lipinski definition) is 3. The molecule has 23 heavy (non-hydrogen) atoms. The molecule has 1 amide bonds. The van der Waals surface area contributed by atoms with Crippen molar-refractivity contribution in [1.82, 2.24) is 15.5 Å². The summed E-state index contributed by atoms with van der Waals surface area (Å²) < 4.78 is 0. The quantitative estimate of drug-likeness (QED) is 0.868. The maximum Gasteiger partial charge on any atom is 0.237 e. The first-order valence-electron chi connectivity index (χ1n) is 8.69. The summed E-state index contributed by atoms with van der Waals surface area (Å²) in [7, 11) is 0. The molecule has 5 heteroatoms. The van der Waals surface area contributed by atoms with Gasteiger partial charge < -0.3 is 10.6 Å². The fourth-order valence-corrected chi connectivity index (χ4v) is 3.69. The van der Waals surface area contributed by atoms with Crippen molar-refractivity contribution in [3.8, 4) is 0 Å². The third-order valence-corrected chi connectivity index (χ3v) is 5.37. The molecule has 2 aliphatic heterocycles. The van der Waals surface area contributed by atoms with Gasteiger partial charge in [0.15, 0.2) is 0 Å². The Morgan fingerprint density at radius 2 is 2.04 bits per heavy atom. The Morgan fingerprint density at radius 3 is 2.74 bits per heavy atom. The van der Waals surface area contributed by atoms with Crippen LogP contribution in [-0.4, -0.2) is 43.0 Å². The molecule has 0 aromatic heterocycles. The van der Waals surface area contributed by atoms with E-state index in [9.17, 15) is 4.79 Å². The molecular formula is C18H26ClN3O. The van der Waals surface area contributed by atoms with Crippen LogP contribution in [-0.2, 0) is 11.3 Å². The molecule has 0 spiro atoms. The normalized spacial score (nSPS) is 23.1. The Bertz CT molecular complexity index is 523. The highest BCUT2D eigenvalue weighted by Crippen LogP contribution is 2.22. The average molecular weight is 336 g/mol. The second kappa shape index (κ2) is 8.13. The van der Waals surface area contributed by atoms with E-state index in [1.54, 1.807) is 0 Å². The van der Waals surface area contributed by atoms with Crippen molar-refractivity contribution in [1.29, 1.82) is 0 Å². The van der Waals surface area contributed by atoms with Gasteiger partial charge in [-0.15, -0.1) is 0 Å². The molecule has 1 unspecified atom stereocenters. The van der Waals surface area contributed by atoms with Crippen LogP contribution in [0.4, 0.5) is 0 Å². The van der Waals surface area contributed by atoms with Crippen LogP contribution >= 0.6 is 11.6 Å². The number of carbonyl (C=O) groups excluding carboxylic acids is 1. The Morgan fingerprint density at radius 1 is 1.26 bits per heavy atom. The predicted octanol–water partition coefficient (Wildman–Crippen LogP) is 2.42. The van der Waals surface area contributed by atoms with Crippen LogP contribution < -0.4 is 10.6 Å². The number of hydrogen-bond donors (Lipinski definition) is 2. The zero-order chi connectivity index (χ0) is 16.1. The minimum atomic E-state index is 0.0373. The summed E-state index contributed by atoms with van der Waals surface area (Å²) >= 11 is 6.24. The lowest BCUT2D eigenvalue weighted by atomic mass is 9.96. The summed E-state index contributed by atoms with van der Waals surface area (Å²) in [5, 5.41) is 7.23. The summed E-state index contributed by atoms with van der Waals surface area (Å²) in [5.74, 6) is 0.781. The summed E-state index contributed by atoms with van der Waals surface area (Å²) in [6, 6.07) is 8.11. The number of benzene rings is 1. The maximum absolute atomic E-state index is 12.0. The number of likely N-dealkylation sites (tertiary alicyclic amines) is 1. The molecule has 2 fully saturated rings. The van der Waals surface area contributed by atoms with E-state index in [1.165, 1.54) is 5.56 Å². The van der Waals surface area contributed by atoms with E-state index in [0.29, 0.717) is 5.92 Å². The summed E-state index contributed by atoms with van der Waals surface area (Å²) in [4.78, 5) is 14.5. The van der Waals surface area contributed by atoms with Crippen LogP contribution in [0.3, 0.4) is 0 Å². The van der Waals surface area contributed by atoms with E-state index in [-0.39, 0.29) is 11.9 Å². The van der Waals surface area contributed by atoms with Crippen molar-refractivity contribution in [3.05, 3.63) is 34.9 Å². The van der Waals surface area contributed by atoms with Gasteiger partial charge in [-0.05, 0) is 62.9 Å². The van der Waals surface area contributed by atoms with Gasteiger partial charge in [-0.25, -0.2) is 0 Å². The third kappa shape index (κ3) is 4.69. The van der Waals surface area contributed by atoms with E-state index in [0.717, 1.165) is 63.4 Å². The van der Waals surface area contributed by atoms with Crippen molar-refractivity contribution >= 4 is 17.5 Å². The van der Waals surface area contributed by atoms with Crippen molar-refractivity contribution < 1.29 is 4.79 Å². The second-order valence-electron chi connectivity index (χ2n) is 6.71. The van der Waals surface area contributed by atoms with Crippen LogP contribution in [0.5, 0.6) is 0 Å². The molecule has 3 rings (SSSR count). The summed E-state index contributed by atoms with van der Waals surface area (Å²) in [6.45, 7) is 4.86. The number of nitrogens with one attached hydrogen (secondary N) is 2. The van der Waals surface area contributed by atoms with E-state index in [4.69, 9.17) is 11.6 Å². The molecule has 0 aliphatic carbocycles. The number of nitrogens with zero attached hydrogens (tertiary/aromatic N) is 1. The lowest BCUT2D eigenvalue weighted by Crippen LogP contribution is -2.44. The van der Waals surface area contributed by atoms with E-state index < -0.39 is 0 Å².